The van der Waals surface area contributed by atoms with E-state index in [-0.39, 0.29) is 11.6 Å². The molecule has 28 heavy (non-hydrogen) atoms. The first-order chi connectivity index (χ1) is 13.7. The lowest BCUT2D eigenvalue weighted by molar-refractivity contribution is -0.151. The van der Waals surface area contributed by atoms with E-state index >= 15 is 0 Å². The molecule has 1 amide bonds. The van der Waals surface area contributed by atoms with Crippen LogP contribution >= 0.6 is 0 Å². The van der Waals surface area contributed by atoms with Crippen LogP contribution in [0.2, 0.25) is 0 Å². The minimum Gasteiger partial charge on any atom is -0.494 e. The average Bonchev–Trinajstić information content (AvgIpc) is 3.12. The molecule has 1 aromatic carbocycles. The van der Waals surface area contributed by atoms with E-state index in [0.29, 0.717) is 18.6 Å². The molecule has 3 fully saturated rings. The van der Waals surface area contributed by atoms with Crippen molar-refractivity contribution in [1.82, 2.24) is 9.80 Å². The van der Waals surface area contributed by atoms with Crippen molar-refractivity contribution in [2.75, 3.05) is 26.2 Å². The molecule has 1 saturated carbocycles. The number of rotatable bonds is 6. The highest BCUT2D eigenvalue weighted by Crippen LogP contribution is 2.40. The fraction of sp³-hybridized carbons (Fsp3) is 0.696. The summed E-state index contributed by atoms with van der Waals surface area (Å²) in [7, 11) is 0. The van der Waals surface area contributed by atoms with Gasteiger partial charge in [-0.05, 0) is 76.5 Å². The topological polar surface area (TPSA) is 53.0 Å². The molecule has 2 aliphatic heterocycles. The third-order valence-corrected chi connectivity index (χ3v) is 6.96. The van der Waals surface area contributed by atoms with Gasteiger partial charge in [0, 0.05) is 19.1 Å². The Bertz CT molecular complexity index is 645. The van der Waals surface area contributed by atoms with Crippen molar-refractivity contribution in [3.05, 3.63) is 30.3 Å². The van der Waals surface area contributed by atoms with Crippen molar-refractivity contribution in [2.45, 2.75) is 75.5 Å². The summed E-state index contributed by atoms with van der Waals surface area (Å²) in [5, 5.41) is 9.82. The predicted molar refractivity (Wildman–Crippen MR) is 109 cm³/mol. The number of likely N-dealkylation sites (tertiary alicyclic amines) is 2. The second-order valence-electron chi connectivity index (χ2n) is 8.70. The van der Waals surface area contributed by atoms with E-state index in [1.54, 1.807) is 0 Å². The molecule has 5 heteroatoms. The van der Waals surface area contributed by atoms with Crippen LogP contribution in [0, 0.1) is 0 Å². The van der Waals surface area contributed by atoms with Gasteiger partial charge in [-0.15, -0.1) is 0 Å². The fourth-order valence-corrected chi connectivity index (χ4v) is 5.48. The molecule has 154 valence electrons. The number of nitrogens with zero attached hydrogens (tertiary/aromatic N) is 2. The molecule has 1 unspecified atom stereocenters. The molecule has 0 radical (unpaired) electrons. The van der Waals surface area contributed by atoms with Gasteiger partial charge >= 0.3 is 0 Å². The second kappa shape index (κ2) is 8.83. The van der Waals surface area contributed by atoms with E-state index in [4.69, 9.17) is 4.74 Å². The van der Waals surface area contributed by atoms with Crippen LogP contribution in [-0.2, 0) is 4.79 Å². The number of carbonyl (C=O) groups excluding carboxylic acids is 1. The molecular weight excluding hydrogens is 352 g/mol. The van der Waals surface area contributed by atoms with E-state index in [9.17, 15) is 9.90 Å². The van der Waals surface area contributed by atoms with Gasteiger partial charge < -0.3 is 14.7 Å². The van der Waals surface area contributed by atoms with Crippen molar-refractivity contribution in [2.24, 2.45) is 0 Å². The summed E-state index contributed by atoms with van der Waals surface area (Å²) in [4.78, 5) is 18.2. The van der Waals surface area contributed by atoms with Crippen LogP contribution in [0.1, 0.15) is 57.8 Å². The molecule has 0 aromatic heterocycles. The summed E-state index contributed by atoms with van der Waals surface area (Å²) >= 11 is 0. The number of amides is 1. The molecule has 2 saturated heterocycles. The van der Waals surface area contributed by atoms with Crippen molar-refractivity contribution in [1.29, 1.82) is 0 Å². The number of ether oxygens (including phenoxy) is 1. The number of aliphatic hydroxyl groups is 1. The number of benzene rings is 1. The summed E-state index contributed by atoms with van der Waals surface area (Å²) < 4.78 is 5.85. The Morgan fingerprint density at radius 1 is 1.04 bits per heavy atom. The summed E-state index contributed by atoms with van der Waals surface area (Å²) in [6.07, 6.45) is 8.56. The molecule has 1 aromatic rings. The fourth-order valence-electron chi connectivity index (χ4n) is 5.48. The van der Waals surface area contributed by atoms with Crippen molar-refractivity contribution >= 4 is 5.91 Å². The van der Waals surface area contributed by atoms with Crippen LogP contribution in [0.4, 0.5) is 0 Å². The van der Waals surface area contributed by atoms with Crippen LogP contribution in [-0.4, -0.2) is 64.7 Å². The largest absolute Gasteiger partial charge is 0.494 e. The number of hydrogen-bond acceptors (Lipinski definition) is 4. The van der Waals surface area contributed by atoms with Crippen LogP contribution in [0.25, 0.3) is 0 Å². The highest BCUT2D eigenvalue weighted by Gasteiger charge is 2.51. The zero-order valence-electron chi connectivity index (χ0n) is 16.9. The van der Waals surface area contributed by atoms with Gasteiger partial charge in [0.2, 0.25) is 5.91 Å². The Kier molecular flexibility index (Phi) is 6.22. The van der Waals surface area contributed by atoms with E-state index < -0.39 is 0 Å². The number of aliphatic hydroxyl groups excluding tert-OH is 1. The Balaban J connectivity index is 1.34. The van der Waals surface area contributed by atoms with E-state index in [0.717, 1.165) is 83.2 Å². The number of hydrogen-bond donors (Lipinski definition) is 1. The lowest BCUT2D eigenvalue weighted by atomic mass is 9.82. The smallest absolute Gasteiger partial charge is 0.243 e. The lowest BCUT2D eigenvalue weighted by Gasteiger charge is -2.48. The first kappa shape index (κ1) is 19.7. The van der Waals surface area contributed by atoms with Crippen LogP contribution in [0.3, 0.4) is 0 Å². The second-order valence-corrected chi connectivity index (χ2v) is 8.70. The molecule has 1 atom stereocenters. The van der Waals surface area contributed by atoms with Gasteiger partial charge in [0.1, 0.15) is 11.3 Å². The lowest BCUT2D eigenvalue weighted by Crippen LogP contribution is -2.62. The molecular formula is C23H34N2O3. The molecule has 4 rings (SSSR count). The van der Waals surface area contributed by atoms with Gasteiger partial charge in [-0.1, -0.05) is 18.2 Å². The first-order valence-corrected chi connectivity index (χ1v) is 11.1. The Labute approximate surface area is 168 Å². The number of para-hydroxylation sites is 1. The summed E-state index contributed by atoms with van der Waals surface area (Å²) in [5.74, 6) is 1.28. The van der Waals surface area contributed by atoms with Crippen LogP contribution in [0.15, 0.2) is 30.3 Å². The summed E-state index contributed by atoms with van der Waals surface area (Å²) in [5.41, 5.74) is -0.277. The van der Waals surface area contributed by atoms with Gasteiger partial charge in [0.25, 0.3) is 0 Å². The maximum Gasteiger partial charge on any atom is 0.243 e. The molecule has 5 nitrogen and oxygen atoms in total. The molecule has 1 spiro atoms. The molecule has 3 aliphatic rings. The highest BCUT2D eigenvalue weighted by atomic mass is 16.5. The molecule has 0 bridgehead atoms. The Morgan fingerprint density at radius 3 is 2.50 bits per heavy atom. The molecule has 1 N–H and O–H groups in total. The minimum atomic E-state index is -0.277. The zero-order chi connectivity index (χ0) is 19.4. The zero-order valence-corrected chi connectivity index (χ0v) is 16.9. The number of carbonyl (C=O) groups is 1. The first-order valence-electron chi connectivity index (χ1n) is 11.1. The van der Waals surface area contributed by atoms with Gasteiger partial charge in [-0.2, -0.15) is 0 Å². The maximum atomic E-state index is 13.6. The van der Waals surface area contributed by atoms with E-state index in [1.807, 2.05) is 30.3 Å². The Hall–Kier alpha value is -1.59. The average molecular weight is 387 g/mol. The quantitative estimate of drug-likeness (QED) is 0.763. The van der Waals surface area contributed by atoms with Crippen LogP contribution in [0.5, 0.6) is 5.75 Å². The van der Waals surface area contributed by atoms with Gasteiger partial charge in [0.05, 0.1) is 12.7 Å². The standard InChI is InChI=1S/C23H34N2O3/c26-20-11-9-19(10-12-20)25-17-5-14-23(22(25)27)13-4-15-24(23)16-6-18-28-21-7-2-1-3-8-21/h1-3,7-8,19-20,26H,4-6,9-18H2. The maximum absolute atomic E-state index is 13.6. The van der Waals surface area contributed by atoms with Crippen molar-refractivity contribution in [3.63, 3.8) is 0 Å². The summed E-state index contributed by atoms with van der Waals surface area (Å²) in [6, 6.07) is 10.3. The van der Waals surface area contributed by atoms with Gasteiger partial charge in [-0.3, -0.25) is 9.69 Å². The monoisotopic (exact) mass is 386 g/mol. The molecule has 2 heterocycles. The SMILES string of the molecule is O=C1N(C2CCC(O)CC2)CCCC12CCCN2CCCOc1ccccc1. The third kappa shape index (κ3) is 4.06. The van der Waals surface area contributed by atoms with Crippen molar-refractivity contribution in [3.8, 4) is 5.75 Å². The predicted octanol–water partition coefficient (Wildman–Crippen LogP) is 3.22. The van der Waals surface area contributed by atoms with Gasteiger partial charge in [-0.25, -0.2) is 0 Å². The Morgan fingerprint density at radius 2 is 1.75 bits per heavy atom. The van der Waals surface area contributed by atoms with Gasteiger partial charge in [0.15, 0.2) is 0 Å². The third-order valence-electron chi connectivity index (χ3n) is 6.96. The normalized spacial score (nSPS) is 31.5. The molecule has 1 aliphatic carbocycles. The number of piperidine rings is 1. The minimum absolute atomic E-state index is 0.169. The van der Waals surface area contributed by atoms with E-state index in [1.165, 1.54) is 0 Å². The van der Waals surface area contributed by atoms with Crippen LogP contribution < -0.4 is 4.74 Å². The van der Waals surface area contributed by atoms with E-state index in [2.05, 4.69) is 9.80 Å². The highest BCUT2D eigenvalue weighted by molar-refractivity contribution is 5.87. The van der Waals surface area contributed by atoms with Crippen molar-refractivity contribution < 1.29 is 14.6 Å². The summed E-state index contributed by atoms with van der Waals surface area (Å²) in [6.45, 7) is 3.53.